The highest BCUT2D eigenvalue weighted by atomic mass is 28.3. The van der Waals surface area contributed by atoms with Crippen LogP contribution in [0.15, 0.2) is 23.3 Å². The lowest BCUT2D eigenvalue weighted by Gasteiger charge is -2.15. The van der Waals surface area contributed by atoms with Crippen molar-refractivity contribution in [3.05, 3.63) is 28.8 Å². The summed E-state index contributed by atoms with van der Waals surface area (Å²) in [7, 11) is -1.13. The number of ether oxygens (including phenoxy) is 1. The van der Waals surface area contributed by atoms with Gasteiger partial charge in [-0.3, -0.25) is 4.79 Å². The molecule has 0 saturated heterocycles. The van der Waals surface area contributed by atoms with Crippen LogP contribution in [0, 0.1) is 0 Å². The number of hydrogen-bond acceptors (Lipinski definition) is 4. The SMILES string of the molecule is C[C@H](CO)n1ccc2c(=O)n(COCC[Si](C)(C)C)ncc21. The summed E-state index contributed by atoms with van der Waals surface area (Å²) in [6.45, 7) is 9.62. The van der Waals surface area contributed by atoms with E-state index in [1.165, 1.54) is 4.68 Å². The lowest BCUT2D eigenvalue weighted by atomic mass is 10.3. The maximum Gasteiger partial charge on any atom is 0.278 e. The van der Waals surface area contributed by atoms with Crippen molar-refractivity contribution < 1.29 is 9.84 Å². The van der Waals surface area contributed by atoms with E-state index in [1.54, 1.807) is 12.3 Å². The zero-order chi connectivity index (χ0) is 16.3. The van der Waals surface area contributed by atoms with Gasteiger partial charge in [-0.2, -0.15) is 5.10 Å². The molecule has 0 aromatic carbocycles. The minimum absolute atomic E-state index is 0.0205. The molecule has 22 heavy (non-hydrogen) atoms. The van der Waals surface area contributed by atoms with Gasteiger partial charge in [-0.05, 0) is 19.0 Å². The van der Waals surface area contributed by atoms with E-state index in [-0.39, 0.29) is 24.9 Å². The molecule has 0 bridgehead atoms. The van der Waals surface area contributed by atoms with E-state index < -0.39 is 8.07 Å². The van der Waals surface area contributed by atoms with Crippen LogP contribution >= 0.6 is 0 Å². The molecule has 0 aliphatic rings. The van der Waals surface area contributed by atoms with Crippen molar-refractivity contribution in [2.24, 2.45) is 0 Å². The molecule has 2 rings (SSSR count). The molecule has 2 aromatic rings. The minimum atomic E-state index is -1.13. The summed E-state index contributed by atoms with van der Waals surface area (Å²) in [4.78, 5) is 12.4. The zero-order valence-electron chi connectivity index (χ0n) is 13.7. The molecular weight excluding hydrogens is 298 g/mol. The van der Waals surface area contributed by atoms with Crippen LogP contribution in [-0.4, -0.2) is 40.7 Å². The molecule has 0 aliphatic carbocycles. The van der Waals surface area contributed by atoms with Crippen molar-refractivity contribution in [1.29, 1.82) is 0 Å². The van der Waals surface area contributed by atoms with Gasteiger partial charge in [0.2, 0.25) is 0 Å². The molecule has 1 N–H and O–H groups in total. The molecule has 0 saturated carbocycles. The Labute approximate surface area is 131 Å². The number of aliphatic hydroxyl groups is 1. The predicted molar refractivity (Wildman–Crippen MR) is 89.9 cm³/mol. The van der Waals surface area contributed by atoms with Gasteiger partial charge in [0.15, 0.2) is 0 Å². The highest BCUT2D eigenvalue weighted by Gasteiger charge is 2.14. The van der Waals surface area contributed by atoms with E-state index in [1.807, 2.05) is 17.7 Å². The Kier molecular flexibility index (Phi) is 5.20. The Morgan fingerprint density at radius 1 is 1.41 bits per heavy atom. The van der Waals surface area contributed by atoms with Crippen LogP contribution in [0.2, 0.25) is 25.7 Å². The lowest BCUT2D eigenvalue weighted by Crippen LogP contribution is -2.26. The second-order valence-corrected chi connectivity index (χ2v) is 12.5. The first-order valence-corrected chi connectivity index (χ1v) is 11.3. The maximum absolute atomic E-state index is 12.4. The summed E-state index contributed by atoms with van der Waals surface area (Å²) in [6, 6.07) is 2.75. The Bertz CT molecular complexity index is 687. The summed E-state index contributed by atoms with van der Waals surface area (Å²) < 4.78 is 8.80. The molecule has 0 spiro atoms. The monoisotopic (exact) mass is 323 g/mol. The van der Waals surface area contributed by atoms with E-state index in [0.29, 0.717) is 12.0 Å². The van der Waals surface area contributed by atoms with Crippen LogP contribution in [0.3, 0.4) is 0 Å². The largest absolute Gasteiger partial charge is 0.394 e. The van der Waals surface area contributed by atoms with Crippen molar-refractivity contribution in [2.45, 2.75) is 45.4 Å². The van der Waals surface area contributed by atoms with Gasteiger partial charge in [0.05, 0.1) is 29.7 Å². The molecule has 122 valence electrons. The van der Waals surface area contributed by atoms with E-state index in [4.69, 9.17) is 4.74 Å². The van der Waals surface area contributed by atoms with E-state index in [2.05, 4.69) is 24.7 Å². The third-order valence-electron chi connectivity index (χ3n) is 3.69. The summed E-state index contributed by atoms with van der Waals surface area (Å²) >= 11 is 0. The van der Waals surface area contributed by atoms with Crippen molar-refractivity contribution in [2.75, 3.05) is 13.2 Å². The first-order chi connectivity index (χ1) is 10.3. The van der Waals surface area contributed by atoms with Gasteiger partial charge < -0.3 is 14.4 Å². The van der Waals surface area contributed by atoms with E-state index >= 15 is 0 Å². The number of rotatable bonds is 7. The van der Waals surface area contributed by atoms with Crippen LogP contribution in [0.25, 0.3) is 10.9 Å². The quantitative estimate of drug-likeness (QED) is 0.625. The first kappa shape index (κ1) is 16.9. The Balaban J connectivity index is 2.13. The van der Waals surface area contributed by atoms with Crippen LogP contribution in [0.1, 0.15) is 13.0 Å². The van der Waals surface area contributed by atoms with Crippen molar-refractivity contribution >= 4 is 19.0 Å². The lowest BCUT2D eigenvalue weighted by molar-refractivity contribution is 0.0754. The summed E-state index contributed by atoms with van der Waals surface area (Å²) in [6.07, 6.45) is 3.47. The van der Waals surface area contributed by atoms with Crippen molar-refractivity contribution in [1.82, 2.24) is 14.3 Å². The average Bonchev–Trinajstić information content (AvgIpc) is 2.88. The zero-order valence-corrected chi connectivity index (χ0v) is 14.7. The van der Waals surface area contributed by atoms with Gasteiger partial charge in [-0.1, -0.05) is 19.6 Å². The van der Waals surface area contributed by atoms with Crippen LogP contribution in [0.4, 0.5) is 0 Å². The van der Waals surface area contributed by atoms with Gasteiger partial charge in [0.25, 0.3) is 5.56 Å². The minimum Gasteiger partial charge on any atom is -0.394 e. The smallest absolute Gasteiger partial charge is 0.278 e. The van der Waals surface area contributed by atoms with Gasteiger partial charge in [-0.15, -0.1) is 0 Å². The first-order valence-electron chi connectivity index (χ1n) is 7.59. The Morgan fingerprint density at radius 2 is 2.14 bits per heavy atom. The second kappa shape index (κ2) is 6.76. The highest BCUT2D eigenvalue weighted by molar-refractivity contribution is 6.76. The Morgan fingerprint density at radius 3 is 2.77 bits per heavy atom. The number of hydrogen-bond donors (Lipinski definition) is 1. The number of fused-ring (bicyclic) bond motifs is 1. The third-order valence-corrected chi connectivity index (χ3v) is 5.39. The number of aromatic nitrogens is 3. The molecule has 0 aliphatic heterocycles. The van der Waals surface area contributed by atoms with Crippen molar-refractivity contribution in [3.63, 3.8) is 0 Å². The molecule has 0 amide bonds. The second-order valence-electron chi connectivity index (χ2n) is 6.85. The molecule has 2 heterocycles. The fourth-order valence-electron chi connectivity index (χ4n) is 2.19. The number of aliphatic hydroxyl groups excluding tert-OH is 1. The van der Waals surface area contributed by atoms with Crippen LogP contribution in [0.5, 0.6) is 0 Å². The molecule has 0 radical (unpaired) electrons. The number of nitrogens with zero attached hydrogens (tertiary/aromatic N) is 3. The molecule has 2 aromatic heterocycles. The van der Waals surface area contributed by atoms with Gasteiger partial charge >= 0.3 is 0 Å². The van der Waals surface area contributed by atoms with Crippen molar-refractivity contribution in [3.8, 4) is 0 Å². The average molecular weight is 323 g/mol. The van der Waals surface area contributed by atoms with E-state index in [0.717, 1.165) is 11.6 Å². The molecule has 6 nitrogen and oxygen atoms in total. The molecule has 0 unspecified atom stereocenters. The third kappa shape index (κ3) is 3.85. The normalized spacial score (nSPS) is 13.7. The fourth-order valence-corrected chi connectivity index (χ4v) is 2.94. The summed E-state index contributed by atoms with van der Waals surface area (Å²) in [5.74, 6) is 0. The summed E-state index contributed by atoms with van der Waals surface area (Å²) in [5.41, 5.74) is 0.583. The predicted octanol–water partition coefficient (Wildman–Crippen LogP) is 2.06. The van der Waals surface area contributed by atoms with E-state index in [9.17, 15) is 9.90 Å². The molecule has 7 heteroatoms. The van der Waals surface area contributed by atoms with Gasteiger partial charge in [0, 0.05) is 20.9 Å². The van der Waals surface area contributed by atoms with Crippen LogP contribution in [-0.2, 0) is 11.5 Å². The maximum atomic E-state index is 12.4. The molecule has 0 fully saturated rings. The van der Waals surface area contributed by atoms with Gasteiger partial charge in [-0.25, -0.2) is 4.68 Å². The Hall–Kier alpha value is -1.44. The standard InChI is InChI=1S/C15H25N3O3Si/c1-12(10-19)17-6-5-13-14(17)9-16-18(15(13)20)11-21-7-8-22(2,3)4/h5-6,9,12,19H,7-8,10-11H2,1-4H3/t12-/m1/s1. The fraction of sp³-hybridized carbons (Fsp3) is 0.600. The molecule has 1 atom stereocenters. The molecular formula is C15H25N3O3Si. The topological polar surface area (TPSA) is 69.3 Å². The van der Waals surface area contributed by atoms with Crippen LogP contribution < -0.4 is 5.56 Å². The van der Waals surface area contributed by atoms with Gasteiger partial charge in [0.1, 0.15) is 6.73 Å². The summed E-state index contributed by atoms with van der Waals surface area (Å²) in [5, 5.41) is 14.0. The highest BCUT2D eigenvalue weighted by Crippen LogP contribution is 2.16.